The van der Waals surface area contributed by atoms with Crippen LogP contribution in [0.1, 0.15) is 50.1 Å². The van der Waals surface area contributed by atoms with Crippen LogP contribution in [-0.2, 0) is 80.0 Å². The second-order valence-corrected chi connectivity index (χ2v) is 35.8. The Morgan fingerprint density at radius 1 is 0.295 bits per heavy atom. The molecule has 0 aliphatic rings. The smallest absolute Gasteiger partial charge is 0.246 e. The van der Waals surface area contributed by atoms with E-state index in [1.165, 1.54) is 50.1 Å². The van der Waals surface area contributed by atoms with Gasteiger partial charge in [0.15, 0.2) is 0 Å². The maximum atomic E-state index is 5.62. The molecule has 0 aliphatic carbocycles. The minimum absolute atomic E-state index is 0.327. The van der Waals surface area contributed by atoms with Crippen molar-refractivity contribution in [2.75, 3.05) is 179 Å². The summed E-state index contributed by atoms with van der Waals surface area (Å²) in [5, 5.41) is 123. The van der Waals surface area contributed by atoms with Gasteiger partial charge in [0.2, 0.25) is 107 Å². The van der Waals surface area contributed by atoms with Crippen LogP contribution >= 0.6 is 102 Å². The van der Waals surface area contributed by atoms with Crippen molar-refractivity contribution in [1.29, 1.82) is 0 Å². The number of anilines is 18. The predicted molar refractivity (Wildman–Crippen MR) is 545 cm³/mol. The Balaban J connectivity index is 0.000000154. The van der Waals surface area contributed by atoms with Crippen LogP contribution < -0.4 is 94.5 Å². The molecule has 21 N–H and O–H groups in total. The molecule has 132 heavy (non-hydrogen) atoms. The summed E-state index contributed by atoms with van der Waals surface area (Å²) >= 11 is 15.2. The lowest BCUT2D eigenvalue weighted by molar-refractivity contribution is 0.811. The number of hydrogen-bond acceptors (Lipinski definition) is 45. The number of thiophene rings is 9. The van der Waals surface area contributed by atoms with Gasteiger partial charge >= 0.3 is 0 Å². The molecule has 0 bridgehead atoms. The molecule has 0 amide bonds. The molecule has 18 aromatic heterocycles. The second-order valence-electron chi connectivity index (χ2n) is 28.8. The van der Waals surface area contributed by atoms with E-state index < -0.39 is 0 Å². The highest BCUT2D eigenvalue weighted by Gasteiger charge is 2.16. The summed E-state index contributed by atoms with van der Waals surface area (Å²) < 4.78 is 5.42. The number of nitrogen functional groups attached to an aromatic ring is 4. The van der Waals surface area contributed by atoms with Crippen molar-refractivity contribution in [2.24, 2.45) is 21.1 Å². The van der Waals surface area contributed by atoms with Crippen LogP contribution in [0.4, 0.5) is 107 Å². The summed E-state index contributed by atoms with van der Waals surface area (Å²) in [5.41, 5.74) is 33.2. The first-order chi connectivity index (χ1) is 63.8. The highest BCUT2D eigenvalue weighted by molar-refractivity contribution is 7.10. The van der Waals surface area contributed by atoms with Crippen molar-refractivity contribution in [3.8, 4) is 0 Å². The summed E-state index contributed by atoms with van der Waals surface area (Å²) in [7, 11) is 28.7. The fourth-order valence-electron chi connectivity index (χ4n) is 10.7. The first-order valence-electron chi connectivity index (χ1n) is 40.1. The van der Waals surface area contributed by atoms with E-state index in [0.717, 1.165) is 82.7 Å². The van der Waals surface area contributed by atoms with Crippen molar-refractivity contribution < 1.29 is 0 Å². The lowest BCUT2D eigenvalue weighted by atomic mass is 10.3. The summed E-state index contributed by atoms with van der Waals surface area (Å²) in [4.78, 5) is 38.7. The van der Waals surface area contributed by atoms with Crippen LogP contribution in [0.15, 0.2) is 151 Å². The summed E-state index contributed by atoms with van der Waals surface area (Å²) in [6, 6.07) is 18.8. The summed E-state index contributed by atoms with van der Waals surface area (Å²) in [6.07, 6.45) is 0. The van der Waals surface area contributed by atoms with E-state index in [1.807, 2.05) is 154 Å². The minimum Gasteiger partial charge on any atom is -0.368 e. The van der Waals surface area contributed by atoms with Gasteiger partial charge in [-0.05, 0) is 202 Å². The second kappa shape index (κ2) is 52.6. The van der Waals surface area contributed by atoms with Crippen LogP contribution in [0.5, 0.6) is 0 Å². The fourth-order valence-corrected chi connectivity index (χ4v) is 16.7. The first kappa shape index (κ1) is 100. The number of hydrogen-bond donors (Lipinski definition) is 17. The van der Waals surface area contributed by atoms with E-state index in [-0.39, 0.29) is 0 Å². The number of nitrogens with two attached hydrogens (primary N) is 4. The van der Waals surface area contributed by atoms with Gasteiger partial charge in [0, 0.05) is 165 Å². The Morgan fingerprint density at radius 3 is 1.02 bits per heavy atom. The summed E-state index contributed by atoms with van der Waals surface area (Å²) in [5.74, 6) is 11.3. The van der Waals surface area contributed by atoms with Gasteiger partial charge in [0.1, 0.15) is 0 Å². The molecule has 0 atom stereocenters. The summed E-state index contributed by atoms with van der Waals surface area (Å²) in [6.45, 7) is 7.05. The van der Waals surface area contributed by atoms with E-state index in [4.69, 9.17) is 22.9 Å². The van der Waals surface area contributed by atoms with Gasteiger partial charge < -0.3 is 94.5 Å². The molecular weight excluding hydrogens is 1860 g/mol. The normalized spacial score (nSPS) is 10.3. The molecule has 45 nitrogen and oxygen atoms in total. The van der Waals surface area contributed by atoms with E-state index in [9.17, 15) is 0 Å². The Labute approximate surface area is 799 Å². The Morgan fingerprint density at radius 2 is 0.644 bits per heavy atom. The number of aromatic nitrogens is 27. The average Bonchev–Trinajstić information content (AvgIpc) is 1.69. The molecule has 702 valence electrons. The van der Waals surface area contributed by atoms with Crippen molar-refractivity contribution >= 4 is 209 Å². The highest BCUT2D eigenvalue weighted by atomic mass is 32.1. The van der Waals surface area contributed by atoms with E-state index in [2.05, 4.69) is 294 Å². The predicted octanol–water partition coefficient (Wildman–Crippen LogP) is 12.0. The third-order valence-corrected chi connectivity index (χ3v) is 24.3. The van der Waals surface area contributed by atoms with E-state index >= 15 is 0 Å². The van der Waals surface area contributed by atoms with Crippen LogP contribution in [0.3, 0.4) is 0 Å². The molecule has 54 heteroatoms. The van der Waals surface area contributed by atoms with E-state index in [1.54, 1.807) is 118 Å². The monoisotopic (exact) mass is 1970 g/mol. The standard InChI is InChI=1S/2C10H15N5S.3C9H13N5S.3C8H11N5S.C7H9N5S/c1-14(2)9-11-10(13-12-9)15(3)6-8-4-5-16-7-8;1-14(2)10-13-12-9(15(10)3)11-6-8-4-5-16-7-8;1-13(5-7-3-4-15-6-7)9-12-11-8(10)14(9)2;1-14(2)9-11-8(12-13-9)10-5-7-3-4-15-6-7;1-10-8-11-9(13-12-8)14(2)5-7-3-4-15-6-7;1-13(4-6-2-3-14-5-6)8-10-7(9)11-12-8;1-13-7(9)11-12-8(13)10-4-6-2-3-14-5-6;1-9-7-11-8(13-12-7)10-4-6-2-3-14-5-6;8-6-10-7(12-11-6)9-3-5-1-2-13-4-5/h4-5,7H,6H2,1-3H3,(H,11,12,13);4-5,7H,6H2,1-3H3,(H,11,12);3-4,6H,5H2,1-2H3,(H2,10,11);2*3-4,6H,5H2,1-2H3,(H2,10,11,12,13);2-3,5H,4H2,1H3,(H3,9,10,11,12);2-3,5H,4H2,1H3,(H2,9,11)(H,10,12);2-3,5H,4H2,1H3,(H3,9,10,11,12,13);1-2,4H,3H2,(H4,8,9,10,11,12). The Kier molecular flexibility index (Phi) is 39.9. The van der Waals surface area contributed by atoms with Crippen molar-refractivity contribution in [1.82, 2.24) is 135 Å². The molecular formula is C78H111N45S9. The molecule has 0 unspecified atom stereocenters. The lowest BCUT2D eigenvalue weighted by Gasteiger charge is -2.16. The zero-order valence-corrected chi connectivity index (χ0v) is 82.8. The van der Waals surface area contributed by atoms with Gasteiger partial charge in [-0.2, -0.15) is 132 Å². The Bertz CT molecular complexity index is 5970. The zero-order chi connectivity index (χ0) is 94.1. The molecule has 0 fully saturated rings. The maximum absolute atomic E-state index is 5.62. The van der Waals surface area contributed by atoms with Crippen LogP contribution in [0.25, 0.3) is 0 Å². The number of aromatic amines is 6. The maximum Gasteiger partial charge on any atom is 0.246 e. The zero-order valence-electron chi connectivity index (χ0n) is 75.5. The van der Waals surface area contributed by atoms with Crippen LogP contribution in [-0.4, -0.2) is 220 Å². The van der Waals surface area contributed by atoms with Gasteiger partial charge in [0.05, 0.1) is 0 Å². The molecule has 0 spiro atoms. The SMILES string of the molecule is CN(C)c1n[nH]c(N(C)Cc2ccsc2)n1.CN(C)c1n[nH]c(NCc2ccsc2)n1.CN(C)c1nnc(NCc2ccsc2)n1C.CN(Cc1ccsc1)c1n[nH]c(N)n1.CN(Cc1ccsc1)c1nnc(N)n1C.CNc1n[nH]c(NCc2ccsc2)n1.CNc1nc(N(C)Cc2ccsc2)n[nH]1.Cn1c(N)nnc1NCc1ccsc1.Nc1nc(NCc2ccsc2)n[nH]1. The molecule has 0 saturated carbocycles. The molecule has 0 aromatic carbocycles. The fraction of sp³-hybridized carbons (Fsp3) is 0.308. The molecule has 0 aliphatic heterocycles. The molecule has 18 aromatic rings. The van der Waals surface area contributed by atoms with Crippen molar-refractivity contribution in [3.05, 3.63) is 202 Å². The van der Waals surface area contributed by atoms with Gasteiger partial charge in [-0.1, -0.05) is 0 Å². The molecule has 18 heterocycles. The third kappa shape index (κ3) is 33.2. The minimum atomic E-state index is 0.327. The highest BCUT2D eigenvalue weighted by Crippen LogP contribution is 2.22. The first-order valence-corrected chi connectivity index (χ1v) is 48.6. The number of H-pyrrole nitrogens is 6. The third-order valence-electron chi connectivity index (χ3n) is 17.8. The van der Waals surface area contributed by atoms with Gasteiger partial charge in [0.25, 0.3) is 0 Å². The topological polar surface area (TPSA) is 553 Å². The lowest BCUT2D eigenvalue weighted by Crippen LogP contribution is -2.20. The molecule has 0 saturated heterocycles. The largest absolute Gasteiger partial charge is 0.368 e. The van der Waals surface area contributed by atoms with Gasteiger partial charge in [-0.3, -0.25) is 13.7 Å². The van der Waals surface area contributed by atoms with Gasteiger partial charge in [-0.25, -0.2) is 30.6 Å². The number of nitrogens with zero attached hydrogens (tertiary/aromatic N) is 28. The number of nitrogens with one attached hydrogen (secondary N) is 13. The van der Waals surface area contributed by atoms with E-state index in [0.29, 0.717) is 83.3 Å². The molecule has 0 radical (unpaired) electrons. The van der Waals surface area contributed by atoms with Crippen LogP contribution in [0, 0.1) is 0 Å². The average molecular weight is 1970 g/mol. The van der Waals surface area contributed by atoms with Gasteiger partial charge in [-0.15, -0.1) is 61.2 Å². The Hall–Kier alpha value is -14.0. The quantitative estimate of drug-likeness (QED) is 0.0186. The van der Waals surface area contributed by atoms with Crippen molar-refractivity contribution in [2.45, 2.75) is 58.9 Å². The number of rotatable bonds is 32. The van der Waals surface area contributed by atoms with Crippen molar-refractivity contribution in [3.63, 3.8) is 0 Å². The molecule has 18 rings (SSSR count). The van der Waals surface area contributed by atoms with Crippen LogP contribution in [0.2, 0.25) is 0 Å².